The van der Waals surface area contributed by atoms with Crippen LogP contribution in [0, 0.1) is 10.8 Å². The maximum absolute atomic E-state index is 11.7. The van der Waals surface area contributed by atoms with Gasteiger partial charge in [0.15, 0.2) is 0 Å². The van der Waals surface area contributed by atoms with E-state index in [0.717, 1.165) is 0 Å². The van der Waals surface area contributed by atoms with Crippen molar-refractivity contribution < 1.29 is 14.3 Å². The molecule has 0 spiro atoms. The van der Waals surface area contributed by atoms with E-state index in [1.807, 2.05) is 41.5 Å². The lowest BCUT2D eigenvalue weighted by molar-refractivity contribution is -0.267. The molecule has 1 fully saturated rings. The Morgan fingerprint density at radius 3 is 2.14 bits per heavy atom. The molecular formula is C11H20O3. The molecule has 0 aromatic rings. The summed E-state index contributed by atoms with van der Waals surface area (Å²) in [7, 11) is 0. The summed E-state index contributed by atoms with van der Waals surface area (Å²) >= 11 is 0. The molecule has 2 unspecified atom stereocenters. The Morgan fingerprint density at radius 2 is 1.79 bits per heavy atom. The fourth-order valence-corrected chi connectivity index (χ4v) is 1.18. The molecule has 0 aromatic heterocycles. The van der Waals surface area contributed by atoms with Gasteiger partial charge in [-0.15, -0.1) is 0 Å². The molecule has 1 heterocycles. The third-order valence-electron chi connectivity index (χ3n) is 2.79. The van der Waals surface area contributed by atoms with Gasteiger partial charge in [-0.25, -0.2) is 0 Å². The summed E-state index contributed by atoms with van der Waals surface area (Å²) < 4.78 is 11.0. The minimum Gasteiger partial charge on any atom is -0.435 e. The second kappa shape index (κ2) is 3.23. The second-order valence-electron chi connectivity index (χ2n) is 5.60. The first kappa shape index (κ1) is 11.5. The lowest BCUT2D eigenvalue weighted by atomic mass is 9.85. The Morgan fingerprint density at radius 1 is 1.29 bits per heavy atom. The molecule has 0 aliphatic carbocycles. The van der Waals surface area contributed by atoms with Crippen LogP contribution in [0.5, 0.6) is 0 Å². The Bertz CT molecular complexity index is 237. The molecule has 0 amide bonds. The summed E-state index contributed by atoms with van der Waals surface area (Å²) in [5.74, 6) is -0.170. The van der Waals surface area contributed by atoms with Crippen molar-refractivity contribution in [3.05, 3.63) is 0 Å². The molecule has 2 atom stereocenters. The summed E-state index contributed by atoms with van der Waals surface area (Å²) in [5.41, 5.74) is -0.706. The van der Waals surface area contributed by atoms with E-state index in [9.17, 15) is 4.79 Å². The third kappa shape index (κ3) is 1.92. The van der Waals surface area contributed by atoms with Gasteiger partial charge in [-0.1, -0.05) is 20.8 Å². The van der Waals surface area contributed by atoms with Gasteiger partial charge in [-0.05, 0) is 20.8 Å². The lowest BCUT2D eigenvalue weighted by Gasteiger charge is -2.43. The summed E-state index contributed by atoms with van der Waals surface area (Å²) in [6.07, 6.45) is -0.536. The Labute approximate surface area is 85.8 Å². The van der Waals surface area contributed by atoms with E-state index in [0.29, 0.717) is 0 Å². The van der Waals surface area contributed by atoms with Gasteiger partial charge >= 0.3 is 5.97 Å². The smallest absolute Gasteiger partial charge is 0.316 e. The molecule has 3 heteroatoms. The van der Waals surface area contributed by atoms with Gasteiger partial charge in [-0.3, -0.25) is 4.79 Å². The van der Waals surface area contributed by atoms with Gasteiger partial charge in [0.05, 0.1) is 11.5 Å². The van der Waals surface area contributed by atoms with Gasteiger partial charge < -0.3 is 9.47 Å². The normalized spacial score (nSPS) is 32.6. The fourth-order valence-electron chi connectivity index (χ4n) is 1.18. The molecular weight excluding hydrogens is 180 g/mol. The number of carbonyl (C=O) groups excluding carboxylic acids is 1. The summed E-state index contributed by atoms with van der Waals surface area (Å²) in [5, 5.41) is 0. The second-order valence-corrected chi connectivity index (χ2v) is 5.60. The van der Waals surface area contributed by atoms with Gasteiger partial charge in [0.1, 0.15) is 0 Å². The van der Waals surface area contributed by atoms with Crippen LogP contribution in [0.1, 0.15) is 41.5 Å². The van der Waals surface area contributed by atoms with Crippen molar-refractivity contribution in [1.82, 2.24) is 0 Å². The molecule has 1 aliphatic heterocycles. The number of cyclic esters (lactones) is 1. The largest absolute Gasteiger partial charge is 0.435 e. The molecule has 1 saturated heterocycles. The Kier molecular flexibility index (Phi) is 2.65. The van der Waals surface area contributed by atoms with Gasteiger partial charge in [-0.2, -0.15) is 0 Å². The number of hydrogen-bond acceptors (Lipinski definition) is 3. The first-order chi connectivity index (χ1) is 6.15. The fraction of sp³-hybridized carbons (Fsp3) is 0.909. The zero-order chi connectivity index (χ0) is 11.1. The molecule has 14 heavy (non-hydrogen) atoms. The predicted molar refractivity (Wildman–Crippen MR) is 53.7 cm³/mol. The Hall–Kier alpha value is -0.570. The highest BCUT2D eigenvalue weighted by Crippen LogP contribution is 2.36. The van der Waals surface area contributed by atoms with Crippen LogP contribution >= 0.6 is 0 Å². The average molecular weight is 200 g/mol. The molecule has 0 radical (unpaired) electrons. The van der Waals surface area contributed by atoms with Crippen LogP contribution in [0.15, 0.2) is 0 Å². The molecule has 0 saturated carbocycles. The van der Waals surface area contributed by atoms with Crippen LogP contribution in [0.2, 0.25) is 0 Å². The van der Waals surface area contributed by atoms with Crippen molar-refractivity contribution in [3.8, 4) is 0 Å². The van der Waals surface area contributed by atoms with Gasteiger partial charge in [0, 0.05) is 5.41 Å². The molecule has 0 aromatic carbocycles. The monoisotopic (exact) mass is 200 g/mol. The summed E-state index contributed by atoms with van der Waals surface area (Å²) in [4.78, 5) is 11.7. The molecule has 1 rings (SSSR count). The zero-order valence-electron chi connectivity index (χ0n) is 9.88. The maximum Gasteiger partial charge on any atom is 0.316 e. The number of hydrogen-bond donors (Lipinski definition) is 0. The van der Waals surface area contributed by atoms with E-state index in [1.165, 1.54) is 0 Å². The minimum absolute atomic E-state index is 0.104. The van der Waals surface area contributed by atoms with E-state index in [1.54, 1.807) is 0 Å². The van der Waals surface area contributed by atoms with Crippen molar-refractivity contribution in [3.63, 3.8) is 0 Å². The van der Waals surface area contributed by atoms with Crippen molar-refractivity contribution >= 4 is 5.97 Å². The molecule has 3 nitrogen and oxygen atoms in total. The van der Waals surface area contributed by atoms with Crippen LogP contribution in [0.4, 0.5) is 0 Å². The van der Waals surface area contributed by atoms with Gasteiger partial charge in [0.2, 0.25) is 6.29 Å². The van der Waals surface area contributed by atoms with Gasteiger partial charge in [0.25, 0.3) is 0 Å². The Balaban J connectivity index is 2.81. The topological polar surface area (TPSA) is 35.5 Å². The summed E-state index contributed by atoms with van der Waals surface area (Å²) in [6.45, 7) is 11.6. The number of ether oxygens (including phenoxy) is 2. The standard InChI is InChI=1S/C11H20O3/c1-7-11(5,6)8(12)14-9(13-7)10(2,3)4/h7,9H,1-6H3. The lowest BCUT2D eigenvalue weighted by Crippen LogP contribution is -2.51. The average Bonchev–Trinajstić information content (AvgIpc) is 1.98. The highest BCUT2D eigenvalue weighted by molar-refractivity contribution is 5.77. The van der Waals surface area contributed by atoms with Crippen molar-refractivity contribution in [2.45, 2.75) is 53.9 Å². The quantitative estimate of drug-likeness (QED) is 0.563. The van der Waals surface area contributed by atoms with Crippen LogP contribution in [-0.2, 0) is 14.3 Å². The van der Waals surface area contributed by atoms with Crippen LogP contribution in [0.25, 0.3) is 0 Å². The molecule has 1 aliphatic rings. The van der Waals surface area contributed by atoms with Crippen molar-refractivity contribution in [1.29, 1.82) is 0 Å². The SMILES string of the molecule is CC1OC(C(C)(C)C)OC(=O)C1(C)C. The molecule has 0 N–H and O–H groups in total. The molecule has 82 valence electrons. The highest BCUT2D eigenvalue weighted by Gasteiger charge is 2.46. The maximum atomic E-state index is 11.7. The first-order valence-electron chi connectivity index (χ1n) is 5.02. The number of esters is 1. The van der Waals surface area contributed by atoms with Crippen LogP contribution in [0.3, 0.4) is 0 Å². The number of rotatable bonds is 0. The van der Waals surface area contributed by atoms with E-state index in [-0.39, 0.29) is 17.5 Å². The summed E-state index contributed by atoms with van der Waals surface area (Å²) in [6, 6.07) is 0. The van der Waals surface area contributed by atoms with E-state index < -0.39 is 11.7 Å². The minimum atomic E-state index is -0.540. The zero-order valence-corrected chi connectivity index (χ0v) is 9.88. The third-order valence-corrected chi connectivity index (χ3v) is 2.79. The number of carbonyl (C=O) groups is 1. The van der Waals surface area contributed by atoms with E-state index in [4.69, 9.17) is 9.47 Å². The molecule has 0 bridgehead atoms. The highest BCUT2D eigenvalue weighted by atomic mass is 16.7. The van der Waals surface area contributed by atoms with Crippen LogP contribution in [-0.4, -0.2) is 18.4 Å². The van der Waals surface area contributed by atoms with Crippen LogP contribution < -0.4 is 0 Å². The van der Waals surface area contributed by atoms with Crippen molar-refractivity contribution in [2.75, 3.05) is 0 Å². The first-order valence-corrected chi connectivity index (χ1v) is 5.02. The van der Waals surface area contributed by atoms with E-state index in [2.05, 4.69) is 0 Å². The van der Waals surface area contributed by atoms with Crippen molar-refractivity contribution in [2.24, 2.45) is 10.8 Å². The predicted octanol–water partition coefficient (Wildman–Crippen LogP) is 2.35. The van der Waals surface area contributed by atoms with E-state index >= 15 is 0 Å².